The molecule has 3 rings (SSSR count). The van der Waals surface area contributed by atoms with Crippen LogP contribution in [0.15, 0.2) is 24.3 Å². The van der Waals surface area contributed by atoms with Crippen LogP contribution in [0.1, 0.15) is 25.7 Å². The van der Waals surface area contributed by atoms with Crippen molar-refractivity contribution in [3.8, 4) is 11.5 Å². The van der Waals surface area contributed by atoms with Gasteiger partial charge in [-0.2, -0.15) is 0 Å². The molecule has 6 heteroatoms. The quantitative estimate of drug-likeness (QED) is 0.867. The average molecular weight is 327 g/mol. The molecule has 2 fully saturated rings. The molecule has 1 aromatic rings. The number of methoxy groups -OCH3 is 1. The number of fused-ring (bicyclic) bond motifs is 2. The molecule has 2 heterocycles. The SMILES string of the molecule is COc1ccccc1OCC(=O)NC1CC2CCC(C1)N2.Cl. The lowest BCUT2D eigenvalue weighted by Crippen LogP contribution is -2.48. The minimum atomic E-state index is -0.0628. The van der Waals surface area contributed by atoms with Gasteiger partial charge in [-0.3, -0.25) is 4.79 Å². The fourth-order valence-electron chi connectivity index (χ4n) is 3.33. The highest BCUT2D eigenvalue weighted by Gasteiger charge is 2.33. The van der Waals surface area contributed by atoms with E-state index in [1.165, 1.54) is 12.8 Å². The van der Waals surface area contributed by atoms with Crippen molar-refractivity contribution in [1.82, 2.24) is 10.6 Å². The zero-order valence-electron chi connectivity index (χ0n) is 12.7. The van der Waals surface area contributed by atoms with Crippen LogP contribution in [0.3, 0.4) is 0 Å². The Morgan fingerprint density at radius 1 is 1.23 bits per heavy atom. The second-order valence-electron chi connectivity index (χ2n) is 5.81. The summed E-state index contributed by atoms with van der Waals surface area (Å²) in [5.41, 5.74) is 0. The molecule has 2 atom stereocenters. The number of carbonyl (C=O) groups is 1. The normalized spacial score (nSPS) is 26.0. The molecule has 2 saturated heterocycles. The van der Waals surface area contributed by atoms with Crippen LogP contribution in [-0.2, 0) is 4.79 Å². The molecule has 1 aromatic carbocycles. The Labute approximate surface area is 137 Å². The molecule has 0 spiro atoms. The number of amides is 1. The summed E-state index contributed by atoms with van der Waals surface area (Å²) >= 11 is 0. The maximum absolute atomic E-state index is 12.0. The summed E-state index contributed by atoms with van der Waals surface area (Å²) in [4.78, 5) is 12.0. The van der Waals surface area contributed by atoms with E-state index in [1.807, 2.05) is 18.2 Å². The van der Waals surface area contributed by atoms with Crippen LogP contribution in [0.4, 0.5) is 0 Å². The van der Waals surface area contributed by atoms with Gasteiger partial charge in [-0.15, -0.1) is 12.4 Å². The number of rotatable bonds is 5. The standard InChI is InChI=1S/C16H22N2O3.ClH/c1-20-14-4-2-3-5-15(14)21-10-16(19)18-13-8-11-6-7-12(9-13)17-11;/h2-5,11-13,17H,6-10H2,1H3,(H,18,19);1H. The monoisotopic (exact) mass is 326 g/mol. The summed E-state index contributed by atoms with van der Waals surface area (Å²) in [7, 11) is 1.59. The Hall–Kier alpha value is -1.46. The summed E-state index contributed by atoms with van der Waals surface area (Å²) in [6.45, 7) is 0.0274. The van der Waals surface area contributed by atoms with Crippen molar-refractivity contribution in [2.75, 3.05) is 13.7 Å². The first kappa shape index (κ1) is 16.9. The van der Waals surface area contributed by atoms with E-state index in [2.05, 4.69) is 10.6 Å². The minimum Gasteiger partial charge on any atom is -0.493 e. The molecule has 0 aromatic heterocycles. The molecular weight excluding hydrogens is 304 g/mol. The first-order valence-electron chi connectivity index (χ1n) is 7.56. The van der Waals surface area contributed by atoms with Gasteiger partial charge in [0.25, 0.3) is 5.91 Å². The molecule has 2 N–H and O–H groups in total. The van der Waals surface area contributed by atoms with Crippen molar-refractivity contribution in [1.29, 1.82) is 0 Å². The molecule has 2 unspecified atom stereocenters. The van der Waals surface area contributed by atoms with Crippen LogP contribution in [0.2, 0.25) is 0 Å². The second kappa shape index (κ2) is 7.70. The van der Waals surface area contributed by atoms with Gasteiger partial charge in [-0.1, -0.05) is 12.1 Å². The van der Waals surface area contributed by atoms with E-state index in [0.29, 0.717) is 23.6 Å². The molecule has 2 aliphatic rings. The molecule has 5 nitrogen and oxygen atoms in total. The number of hydrogen-bond donors (Lipinski definition) is 2. The van der Waals surface area contributed by atoms with Crippen LogP contribution in [-0.4, -0.2) is 37.7 Å². The van der Waals surface area contributed by atoms with E-state index in [0.717, 1.165) is 12.8 Å². The molecule has 2 bridgehead atoms. The van der Waals surface area contributed by atoms with Gasteiger partial charge < -0.3 is 20.1 Å². The van der Waals surface area contributed by atoms with Crippen molar-refractivity contribution in [3.05, 3.63) is 24.3 Å². The lowest BCUT2D eigenvalue weighted by atomic mass is 10.00. The van der Waals surface area contributed by atoms with Crippen LogP contribution < -0.4 is 20.1 Å². The number of piperidine rings is 1. The summed E-state index contributed by atoms with van der Waals surface area (Å²) < 4.78 is 10.7. The van der Waals surface area contributed by atoms with E-state index < -0.39 is 0 Å². The highest BCUT2D eigenvalue weighted by atomic mass is 35.5. The van der Waals surface area contributed by atoms with Gasteiger partial charge in [0, 0.05) is 18.1 Å². The van der Waals surface area contributed by atoms with E-state index in [4.69, 9.17) is 9.47 Å². The van der Waals surface area contributed by atoms with Gasteiger partial charge >= 0.3 is 0 Å². The van der Waals surface area contributed by atoms with Gasteiger partial charge in [0.2, 0.25) is 0 Å². The summed E-state index contributed by atoms with van der Waals surface area (Å²) in [5, 5.41) is 6.65. The molecular formula is C16H23ClN2O3. The Bertz CT molecular complexity index is 500. The van der Waals surface area contributed by atoms with E-state index >= 15 is 0 Å². The zero-order chi connectivity index (χ0) is 14.7. The third-order valence-corrected chi connectivity index (χ3v) is 4.27. The molecule has 1 amide bonds. The maximum Gasteiger partial charge on any atom is 0.258 e. The van der Waals surface area contributed by atoms with Crippen molar-refractivity contribution in [3.63, 3.8) is 0 Å². The molecule has 122 valence electrons. The van der Waals surface area contributed by atoms with Crippen molar-refractivity contribution in [2.45, 2.75) is 43.8 Å². The first-order valence-corrected chi connectivity index (χ1v) is 7.56. The number of para-hydroxylation sites is 2. The maximum atomic E-state index is 12.0. The predicted octanol–water partition coefficient (Wildman–Crippen LogP) is 1.90. The third-order valence-electron chi connectivity index (χ3n) is 4.27. The summed E-state index contributed by atoms with van der Waals surface area (Å²) in [5.74, 6) is 1.18. The smallest absolute Gasteiger partial charge is 0.258 e. The van der Waals surface area contributed by atoms with E-state index in [-0.39, 0.29) is 31.0 Å². The minimum absolute atomic E-state index is 0. The molecule has 0 aliphatic carbocycles. The number of carbonyl (C=O) groups excluding carboxylic acids is 1. The lowest BCUT2D eigenvalue weighted by Gasteiger charge is -2.29. The average Bonchev–Trinajstić information content (AvgIpc) is 2.84. The first-order chi connectivity index (χ1) is 10.2. The fraction of sp³-hybridized carbons (Fsp3) is 0.562. The van der Waals surface area contributed by atoms with Crippen molar-refractivity contribution in [2.24, 2.45) is 0 Å². The zero-order valence-corrected chi connectivity index (χ0v) is 13.5. The van der Waals surface area contributed by atoms with Gasteiger partial charge in [-0.05, 0) is 37.8 Å². The lowest BCUT2D eigenvalue weighted by molar-refractivity contribution is -0.124. The van der Waals surface area contributed by atoms with Gasteiger partial charge in [0.05, 0.1) is 7.11 Å². The molecule has 22 heavy (non-hydrogen) atoms. The number of nitrogens with one attached hydrogen (secondary N) is 2. The Morgan fingerprint density at radius 2 is 1.86 bits per heavy atom. The van der Waals surface area contributed by atoms with Crippen molar-refractivity contribution >= 4 is 18.3 Å². The largest absolute Gasteiger partial charge is 0.493 e. The Kier molecular flexibility index (Phi) is 5.91. The van der Waals surface area contributed by atoms with Crippen LogP contribution in [0.5, 0.6) is 11.5 Å². The Morgan fingerprint density at radius 3 is 2.50 bits per heavy atom. The predicted molar refractivity (Wildman–Crippen MR) is 86.8 cm³/mol. The summed E-state index contributed by atoms with van der Waals surface area (Å²) in [6.07, 6.45) is 4.51. The molecule has 0 radical (unpaired) electrons. The van der Waals surface area contributed by atoms with E-state index in [9.17, 15) is 4.79 Å². The number of hydrogen-bond acceptors (Lipinski definition) is 4. The topological polar surface area (TPSA) is 59.6 Å². The third kappa shape index (κ3) is 4.05. The van der Waals surface area contributed by atoms with Gasteiger partial charge in [-0.25, -0.2) is 0 Å². The van der Waals surface area contributed by atoms with Crippen LogP contribution in [0, 0.1) is 0 Å². The highest BCUT2D eigenvalue weighted by molar-refractivity contribution is 5.85. The Balaban J connectivity index is 0.00000176. The van der Waals surface area contributed by atoms with Gasteiger partial charge in [0.1, 0.15) is 0 Å². The second-order valence-corrected chi connectivity index (χ2v) is 5.81. The van der Waals surface area contributed by atoms with E-state index in [1.54, 1.807) is 13.2 Å². The number of ether oxygens (including phenoxy) is 2. The number of benzene rings is 1. The van der Waals surface area contributed by atoms with Crippen molar-refractivity contribution < 1.29 is 14.3 Å². The van der Waals surface area contributed by atoms with Crippen LogP contribution >= 0.6 is 12.4 Å². The molecule has 2 aliphatic heterocycles. The van der Waals surface area contributed by atoms with Gasteiger partial charge in [0.15, 0.2) is 18.1 Å². The fourth-order valence-corrected chi connectivity index (χ4v) is 3.33. The highest BCUT2D eigenvalue weighted by Crippen LogP contribution is 2.27. The molecule has 0 saturated carbocycles. The summed E-state index contributed by atoms with van der Waals surface area (Å²) in [6, 6.07) is 8.77. The van der Waals surface area contributed by atoms with Crippen LogP contribution in [0.25, 0.3) is 0 Å². The number of halogens is 1.